The van der Waals surface area contributed by atoms with E-state index in [4.69, 9.17) is 0 Å². The number of aryl methyl sites for hydroxylation is 1. The lowest BCUT2D eigenvalue weighted by Gasteiger charge is -2.15. The number of nitrogens with one attached hydrogen (secondary N) is 1. The van der Waals surface area contributed by atoms with Crippen LogP contribution in [0.15, 0.2) is 42.5 Å². The fourth-order valence-electron chi connectivity index (χ4n) is 2.06. The van der Waals surface area contributed by atoms with Crippen LogP contribution in [0.5, 0.6) is 0 Å². The van der Waals surface area contributed by atoms with Crippen molar-refractivity contribution < 1.29 is 22.4 Å². The van der Waals surface area contributed by atoms with Crippen molar-refractivity contribution in [3.05, 3.63) is 70.5 Å². The van der Waals surface area contributed by atoms with Crippen LogP contribution < -0.4 is 5.32 Å². The van der Waals surface area contributed by atoms with Gasteiger partial charge in [0.2, 0.25) is 0 Å². The quantitative estimate of drug-likeness (QED) is 0.818. The SMILES string of the molecule is Cc1ccc(C(=O)NC(C)c2ccc(C(F)(F)F)cc2)cc1F. The Labute approximate surface area is 131 Å². The molecule has 0 aromatic heterocycles. The molecule has 0 spiro atoms. The van der Waals surface area contributed by atoms with Crippen molar-refractivity contribution in [1.29, 1.82) is 0 Å². The van der Waals surface area contributed by atoms with Crippen molar-refractivity contribution >= 4 is 5.91 Å². The van der Waals surface area contributed by atoms with Crippen LogP contribution in [-0.2, 0) is 6.18 Å². The Morgan fingerprint density at radius 3 is 2.22 bits per heavy atom. The zero-order valence-corrected chi connectivity index (χ0v) is 12.5. The topological polar surface area (TPSA) is 29.1 Å². The van der Waals surface area contributed by atoms with Crippen LogP contribution in [0.3, 0.4) is 0 Å². The van der Waals surface area contributed by atoms with Gasteiger partial charge in [-0.15, -0.1) is 0 Å². The van der Waals surface area contributed by atoms with E-state index in [-0.39, 0.29) is 5.56 Å². The van der Waals surface area contributed by atoms with E-state index in [9.17, 15) is 22.4 Å². The molecule has 2 rings (SSSR count). The summed E-state index contributed by atoms with van der Waals surface area (Å²) in [4.78, 5) is 12.1. The van der Waals surface area contributed by atoms with E-state index < -0.39 is 29.5 Å². The normalized spacial score (nSPS) is 12.8. The van der Waals surface area contributed by atoms with Gasteiger partial charge in [-0.05, 0) is 49.2 Å². The lowest BCUT2D eigenvalue weighted by molar-refractivity contribution is -0.137. The highest BCUT2D eigenvalue weighted by atomic mass is 19.4. The summed E-state index contributed by atoms with van der Waals surface area (Å²) in [5.74, 6) is -0.976. The van der Waals surface area contributed by atoms with Crippen molar-refractivity contribution in [2.75, 3.05) is 0 Å². The van der Waals surface area contributed by atoms with Crippen LogP contribution in [0.1, 0.15) is 40.0 Å². The Hall–Kier alpha value is -2.37. The first-order chi connectivity index (χ1) is 10.7. The van der Waals surface area contributed by atoms with E-state index in [1.807, 2.05) is 0 Å². The molecule has 0 aliphatic heterocycles. The van der Waals surface area contributed by atoms with Gasteiger partial charge in [0.05, 0.1) is 11.6 Å². The Morgan fingerprint density at radius 1 is 1.09 bits per heavy atom. The van der Waals surface area contributed by atoms with Gasteiger partial charge in [0.25, 0.3) is 5.91 Å². The van der Waals surface area contributed by atoms with Crippen LogP contribution in [0.2, 0.25) is 0 Å². The first-order valence-corrected chi connectivity index (χ1v) is 6.92. The highest BCUT2D eigenvalue weighted by Crippen LogP contribution is 2.29. The molecular formula is C17H15F4NO. The standard InChI is InChI=1S/C17H15F4NO/c1-10-3-4-13(9-15(10)18)16(23)22-11(2)12-5-7-14(8-6-12)17(19,20)21/h3-9,11H,1-2H3,(H,22,23). The summed E-state index contributed by atoms with van der Waals surface area (Å²) in [6, 6.07) is 8.15. The van der Waals surface area contributed by atoms with Gasteiger partial charge in [0, 0.05) is 5.56 Å². The van der Waals surface area contributed by atoms with Gasteiger partial charge in [-0.25, -0.2) is 4.39 Å². The highest BCUT2D eigenvalue weighted by Gasteiger charge is 2.30. The minimum atomic E-state index is -4.40. The number of benzene rings is 2. The van der Waals surface area contributed by atoms with E-state index >= 15 is 0 Å². The molecular weight excluding hydrogens is 310 g/mol. The van der Waals surface area contributed by atoms with Gasteiger partial charge in [-0.1, -0.05) is 18.2 Å². The number of rotatable bonds is 3. The maximum atomic E-state index is 13.5. The fraction of sp³-hybridized carbons (Fsp3) is 0.235. The third-order valence-electron chi connectivity index (χ3n) is 3.52. The molecule has 1 unspecified atom stereocenters. The summed E-state index contributed by atoms with van der Waals surface area (Å²) < 4.78 is 51.0. The van der Waals surface area contributed by atoms with E-state index in [1.54, 1.807) is 13.8 Å². The summed E-state index contributed by atoms with van der Waals surface area (Å²) in [7, 11) is 0. The second-order valence-electron chi connectivity index (χ2n) is 5.28. The molecule has 1 atom stereocenters. The number of carbonyl (C=O) groups is 1. The Bertz CT molecular complexity index is 708. The predicted octanol–water partition coefficient (Wildman–Crippen LogP) is 4.64. The smallest absolute Gasteiger partial charge is 0.346 e. The van der Waals surface area contributed by atoms with Crippen molar-refractivity contribution in [2.45, 2.75) is 26.1 Å². The van der Waals surface area contributed by atoms with Gasteiger partial charge in [-0.3, -0.25) is 4.79 Å². The molecule has 2 aromatic rings. The molecule has 0 radical (unpaired) electrons. The summed E-state index contributed by atoms with van der Waals surface area (Å²) in [5, 5.41) is 2.63. The molecule has 122 valence electrons. The van der Waals surface area contributed by atoms with Gasteiger partial charge in [0.15, 0.2) is 0 Å². The molecule has 0 aliphatic rings. The summed E-state index contributed by atoms with van der Waals surface area (Å²) >= 11 is 0. The van der Waals surface area contributed by atoms with Crippen LogP contribution in [0.4, 0.5) is 17.6 Å². The van der Waals surface area contributed by atoms with E-state index in [0.717, 1.165) is 18.2 Å². The average Bonchev–Trinajstić information content (AvgIpc) is 2.49. The number of halogens is 4. The molecule has 0 saturated carbocycles. The lowest BCUT2D eigenvalue weighted by atomic mass is 10.0. The maximum absolute atomic E-state index is 13.5. The third kappa shape index (κ3) is 4.09. The number of hydrogen-bond donors (Lipinski definition) is 1. The molecule has 0 fully saturated rings. The van der Waals surface area contributed by atoms with Crippen LogP contribution in [0, 0.1) is 12.7 Å². The van der Waals surface area contributed by atoms with Crippen molar-refractivity contribution in [3.8, 4) is 0 Å². The Balaban J connectivity index is 2.10. The monoisotopic (exact) mass is 325 g/mol. The molecule has 0 heterocycles. The molecule has 0 saturated heterocycles. The van der Waals surface area contributed by atoms with Crippen LogP contribution in [-0.4, -0.2) is 5.91 Å². The van der Waals surface area contributed by atoms with E-state index in [0.29, 0.717) is 11.1 Å². The minimum Gasteiger partial charge on any atom is -0.346 e. The Kier molecular flexibility index (Phi) is 4.73. The van der Waals surface area contributed by atoms with E-state index in [1.165, 1.54) is 24.3 Å². The van der Waals surface area contributed by atoms with Crippen molar-refractivity contribution in [2.24, 2.45) is 0 Å². The minimum absolute atomic E-state index is 0.159. The molecule has 2 aromatic carbocycles. The first kappa shape index (κ1) is 17.0. The van der Waals surface area contributed by atoms with Gasteiger partial charge in [0.1, 0.15) is 5.82 Å². The van der Waals surface area contributed by atoms with E-state index in [2.05, 4.69) is 5.32 Å². The average molecular weight is 325 g/mol. The number of amides is 1. The van der Waals surface area contributed by atoms with Crippen LogP contribution in [0.25, 0.3) is 0 Å². The van der Waals surface area contributed by atoms with Crippen molar-refractivity contribution in [3.63, 3.8) is 0 Å². The molecule has 1 N–H and O–H groups in total. The molecule has 0 aliphatic carbocycles. The molecule has 0 bridgehead atoms. The maximum Gasteiger partial charge on any atom is 0.416 e. The number of carbonyl (C=O) groups excluding carboxylic acids is 1. The summed E-state index contributed by atoms with van der Waals surface area (Å²) in [6.45, 7) is 3.23. The van der Waals surface area contributed by atoms with Crippen molar-refractivity contribution in [1.82, 2.24) is 5.32 Å². The third-order valence-corrected chi connectivity index (χ3v) is 3.52. The largest absolute Gasteiger partial charge is 0.416 e. The lowest BCUT2D eigenvalue weighted by Crippen LogP contribution is -2.26. The second kappa shape index (κ2) is 6.40. The van der Waals surface area contributed by atoms with Crippen LogP contribution >= 0.6 is 0 Å². The second-order valence-corrected chi connectivity index (χ2v) is 5.28. The molecule has 1 amide bonds. The molecule has 2 nitrogen and oxygen atoms in total. The first-order valence-electron chi connectivity index (χ1n) is 6.92. The number of alkyl halides is 3. The zero-order chi connectivity index (χ0) is 17.2. The van der Waals surface area contributed by atoms with Gasteiger partial charge < -0.3 is 5.32 Å². The molecule has 6 heteroatoms. The Morgan fingerprint density at radius 2 is 1.70 bits per heavy atom. The predicted molar refractivity (Wildman–Crippen MR) is 78.5 cm³/mol. The zero-order valence-electron chi connectivity index (χ0n) is 12.5. The van der Waals surface area contributed by atoms with Gasteiger partial charge >= 0.3 is 6.18 Å². The molecule has 23 heavy (non-hydrogen) atoms. The fourth-order valence-corrected chi connectivity index (χ4v) is 2.06. The highest BCUT2D eigenvalue weighted by molar-refractivity contribution is 5.94. The summed E-state index contributed by atoms with van der Waals surface area (Å²) in [5.41, 5.74) is 0.364. The summed E-state index contributed by atoms with van der Waals surface area (Å²) in [6.07, 6.45) is -4.40. The number of hydrogen-bond acceptors (Lipinski definition) is 1. The van der Waals surface area contributed by atoms with Gasteiger partial charge in [-0.2, -0.15) is 13.2 Å².